The summed E-state index contributed by atoms with van der Waals surface area (Å²) in [5.41, 5.74) is 2.60. The summed E-state index contributed by atoms with van der Waals surface area (Å²) in [6.07, 6.45) is 4.54. The zero-order chi connectivity index (χ0) is 32.5. The molecule has 0 saturated heterocycles. The van der Waals surface area contributed by atoms with Crippen LogP contribution in [0.15, 0.2) is 89.9 Å². The van der Waals surface area contributed by atoms with Crippen molar-refractivity contribution in [2.45, 2.75) is 79.1 Å². The Morgan fingerprint density at radius 1 is 0.578 bits per heavy atom. The van der Waals surface area contributed by atoms with Gasteiger partial charge in [0.25, 0.3) is 0 Å². The van der Waals surface area contributed by atoms with E-state index in [0.717, 1.165) is 58.7 Å². The van der Waals surface area contributed by atoms with Crippen LogP contribution in [0, 0.1) is 11.8 Å². The lowest BCUT2D eigenvalue weighted by Crippen LogP contribution is -2.42. The summed E-state index contributed by atoms with van der Waals surface area (Å²) < 4.78 is 0. The second-order valence-corrected chi connectivity index (χ2v) is 13.6. The molecule has 0 radical (unpaired) electrons. The number of fused-ring (bicyclic) bond motifs is 2. The maximum atomic E-state index is 5.62. The molecule has 242 valence electrons. The Balaban J connectivity index is 1.88. The Morgan fingerprint density at radius 3 is 1.56 bits per heavy atom. The number of hydrogen-bond acceptors (Lipinski definition) is 3. The predicted molar refractivity (Wildman–Crippen MR) is 199 cm³/mol. The summed E-state index contributed by atoms with van der Waals surface area (Å²) in [6, 6.07) is 31.6. The van der Waals surface area contributed by atoms with Crippen LogP contribution in [0.4, 0.5) is 0 Å². The first kappa shape index (κ1) is 34.9. The monoisotopic (exact) mass is 605 g/mol. The smallest absolute Gasteiger partial charge is 0.0485 e. The van der Waals surface area contributed by atoms with E-state index < -0.39 is 0 Å². The first-order chi connectivity index (χ1) is 21.8. The summed E-state index contributed by atoms with van der Waals surface area (Å²) >= 11 is 0. The maximum Gasteiger partial charge on any atom is 0.0485 e. The van der Waals surface area contributed by atoms with Crippen LogP contribution in [0.25, 0.3) is 21.5 Å². The lowest BCUT2D eigenvalue weighted by atomic mass is 9.67. The molecule has 0 heterocycles. The van der Waals surface area contributed by atoms with Gasteiger partial charge in [-0.15, -0.1) is 0 Å². The van der Waals surface area contributed by atoms with E-state index in [4.69, 9.17) is 4.99 Å². The molecule has 0 bridgehead atoms. The molecule has 45 heavy (non-hydrogen) atoms. The van der Waals surface area contributed by atoms with E-state index in [-0.39, 0.29) is 10.8 Å². The molecule has 4 aromatic rings. The van der Waals surface area contributed by atoms with E-state index in [1.165, 1.54) is 32.7 Å². The van der Waals surface area contributed by atoms with Crippen LogP contribution in [0.1, 0.15) is 79.4 Å². The van der Waals surface area contributed by atoms with Crippen molar-refractivity contribution in [3.63, 3.8) is 0 Å². The van der Waals surface area contributed by atoms with Crippen LogP contribution in [0.3, 0.4) is 0 Å². The van der Waals surface area contributed by atoms with Crippen molar-refractivity contribution >= 4 is 27.8 Å². The summed E-state index contributed by atoms with van der Waals surface area (Å²) in [7, 11) is 0. The molecule has 3 heteroatoms. The van der Waals surface area contributed by atoms with Crippen LogP contribution >= 0.6 is 0 Å². The van der Waals surface area contributed by atoms with Crippen LogP contribution in [0.5, 0.6) is 0 Å². The molecule has 0 N–H and O–H groups in total. The van der Waals surface area contributed by atoms with E-state index in [1.54, 1.807) is 0 Å². The average Bonchev–Trinajstić information content (AvgIpc) is 3.06. The number of rotatable bonds is 17. The molecule has 0 spiro atoms. The van der Waals surface area contributed by atoms with Crippen molar-refractivity contribution in [3.8, 4) is 0 Å². The minimum atomic E-state index is -0.177. The van der Waals surface area contributed by atoms with E-state index in [1.807, 2.05) is 0 Å². The average molecular weight is 606 g/mol. The molecule has 0 aliphatic rings. The highest BCUT2D eigenvalue weighted by atomic mass is 15.1. The third-order valence-corrected chi connectivity index (χ3v) is 11.0. The zero-order valence-corrected chi connectivity index (χ0v) is 29.5. The highest BCUT2D eigenvalue weighted by Crippen LogP contribution is 2.42. The highest BCUT2D eigenvalue weighted by Gasteiger charge is 2.39. The fourth-order valence-electron chi connectivity index (χ4n) is 7.54. The van der Waals surface area contributed by atoms with Crippen LogP contribution in [-0.4, -0.2) is 61.8 Å². The zero-order valence-electron chi connectivity index (χ0n) is 29.5. The standard InChI is InChI=1S/C42H59N3/c1-9-44(10-2)29-27-41(33(5)6,39-25-17-21-35-19-13-15-23-37(35)39)31-43-32-42(34(7)8,28-30-45(11-3)12-4)40-26-18-22-36-20-14-16-24-38(36)40/h13-26,31,33-34H,9-12,27-30,32H2,1-8H3. The molecule has 0 saturated carbocycles. The van der Waals surface area contributed by atoms with Crippen LogP contribution in [0.2, 0.25) is 0 Å². The Bertz CT molecular complexity index is 1500. The quantitative estimate of drug-likeness (QED) is 0.112. The van der Waals surface area contributed by atoms with Gasteiger partial charge in [-0.05, 0) is 96.6 Å². The minimum absolute atomic E-state index is 0.0830. The first-order valence-corrected chi connectivity index (χ1v) is 17.7. The van der Waals surface area contributed by atoms with Crippen molar-refractivity contribution < 1.29 is 0 Å². The van der Waals surface area contributed by atoms with Crippen LogP contribution in [-0.2, 0) is 10.8 Å². The van der Waals surface area contributed by atoms with E-state index >= 15 is 0 Å². The molecule has 2 unspecified atom stereocenters. The second kappa shape index (κ2) is 16.0. The van der Waals surface area contributed by atoms with Gasteiger partial charge in [-0.25, -0.2) is 0 Å². The normalized spacial score (nSPS) is 15.2. The number of hydrogen-bond donors (Lipinski definition) is 0. The molecule has 3 nitrogen and oxygen atoms in total. The third-order valence-electron chi connectivity index (χ3n) is 11.0. The molecule has 0 aromatic heterocycles. The first-order valence-electron chi connectivity index (χ1n) is 17.7. The number of aliphatic imine (C=N–C) groups is 1. The van der Waals surface area contributed by atoms with Crippen molar-refractivity contribution in [3.05, 3.63) is 96.1 Å². The van der Waals surface area contributed by atoms with E-state index in [0.29, 0.717) is 11.8 Å². The number of benzene rings is 4. The topological polar surface area (TPSA) is 18.8 Å². The lowest BCUT2D eigenvalue weighted by molar-refractivity contribution is 0.223. The third kappa shape index (κ3) is 7.53. The maximum absolute atomic E-state index is 5.62. The minimum Gasteiger partial charge on any atom is -0.304 e. The Kier molecular flexibility index (Phi) is 12.4. The van der Waals surface area contributed by atoms with Gasteiger partial charge in [-0.2, -0.15) is 0 Å². The molecular weight excluding hydrogens is 546 g/mol. The SMILES string of the molecule is CCN(CC)CCC(C=NCC(CCN(CC)CC)(c1cccc2ccccc12)C(C)C)(c1cccc2ccccc12)C(C)C. The fraction of sp³-hybridized carbons (Fsp3) is 0.500. The lowest BCUT2D eigenvalue weighted by Gasteiger charge is -2.41. The molecule has 0 fully saturated rings. The van der Waals surface area contributed by atoms with Gasteiger partial charge in [0, 0.05) is 23.6 Å². The molecule has 4 aromatic carbocycles. The Hall–Kier alpha value is -3.01. The summed E-state index contributed by atoms with van der Waals surface area (Å²) in [4.78, 5) is 10.8. The molecular formula is C42H59N3. The predicted octanol–water partition coefficient (Wildman–Crippen LogP) is 10.0. The molecule has 0 aliphatic heterocycles. The molecule has 2 atom stereocenters. The summed E-state index contributed by atoms with van der Waals surface area (Å²) in [5, 5.41) is 5.35. The van der Waals surface area contributed by atoms with Crippen molar-refractivity contribution in [1.82, 2.24) is 9.80 Å². The van der Waals surface area contributed by atoms with Crippen molar-refractivity contribution in [1.29, 1.82) is 0 Å². The highest BCUT2D eigenvalue weighted by molar-refractivity contribution is 5.91. The van der Waals surface area contributed by atoms with Gasteiger partial charge in [0.15, 0.2) is 0 Å². The molecule has 4 rings (SSSR count). The summed E-state index contributed by atoms with van der Waals surface area (Å²) in [6.45, 7) is 26.0. The van der Waals surface area contributed by atoms with Gasteiger partial charge >= 0.3 is 0 Å². The van der Waals surface area contributed by atoms with Gasteiger partial charge in [-0.3, -0.25) is 4.99 Å². The Morgan fingerprint density at radius 2 is 1.04 bits per heavy atom. The fourth-order valence-corrected chi connectivity index (χ4v) is 7.54. The van der Waals surface area contributed by atoms with E-state index in [2.05, 4.69) is 156 Å². The van der Waals surface area contributed by atoms with Crippen LogP contribution < -0.4 is 0 Å². The van der Waals surface area contributed by atoms with Gasteiger partial charge in [0.05, 0.1) is 0 Å². The molecule has 0 amide bonds. The van der Waals surface area contributed by atoms with Gasteiger partial charge in [0.1, 0.15) is 0 Å². The largest absolute Gasteiger partial charge is 0.304 e. The number of nitrogens with zero attached hydrogens (tertiary/aromatic N) is 3. The van der Waals surface area contributed by atoms with Gasteiger partial charge in [0.2, 0.25) is 0 Å². The molecule has 0 aliphatic carbocycles. The van der Waals surface area contributed by atoms with Crippen molar-refractivity contribution in [2.24, 2.45) is 16.8 Å². The van der Waals surface area contributed by atoms with E-state index in [9.17, 15) is 0 Å². The van der Waals surface area contributed by atoms with Gasteiger partial charge in [-0.1, -0.05) is 140 Å². The van der Waals surface area contributed by atoms with Crippen molar-refractivity contribution in [2.75, 3.05) is 45.8 Å². The summed E-state index contributed by atoms with van der Waals surface area (Å²) in [5.74, 6) is 0.821. The van der Waals surface area contributed by atoms with Gasteiger partial charge < -0.3 is 9.80 Å². The second-order valence-electron chi connectivity index (χ2n) is 13.6. The Labute approximate surface area is 274 Å².